The van der Waals surface area contributed by atoms with Crippen LogP contribution < -0.4 is 11.1 Å². The minimum absolute atomic E-state index is 0.206. The van der Waals surface area contributed by atoms with Crippen molar-refractivity contribution >= 4 is 11.6 Å². The van der Waals surface area contributed by atoms with Crippen molar-refractivity contribution in [2.75, 3.05) is 31.3 Å². The number of hydrogen-bond donors (Lipinski definition) is 3. The molecule has 0 saturated heterocycles. The van der Waals surface area contributed by atoms with Crippen LogP contribution in [0.2, 0.25) is 0 Å². The van der Waals surface area contributed by atoms with Crippen LogP contribution in [0.1, 0.15) is 31.2 Å². The first-order valence-electron chi connectivity index (χ1n) is 6.00. The number of rotatable bonds is 6. The van der Waals surface area contributed by atoms with Gasteiger partial charge in [-0.25, -0.2) is 9.97 Å². The number of aromatic nitrogens is 2. The Balaban J connectivity index is 2.81. The molecule has 1 aromatic rings. The van der Waals surface area contributed by atoms with Gasteiger partial charge in [-0.1, -0.05) is 13.8 Å². The van der Waals surface area contributed by atoms with Gasteiger partial charge in [-0.2, -0.15) is 0 Å². The van der Waals surface area contributed by atoms with Gasteiger partial charge in [0.05, 0.1) is 12.7 Å². The Labute approximate surface area is 108 Å². The predicted octanol–water partition coefficient (Wildman–Crippen LogP) is 0.910. The molecule has 1 aromatic heterocycles. The molecule has 4 N–H and O–H groups in total. The van der Waals surface area contributed by atoms with Crippen LogP contribution in [0.15, 0.2) is 0 Å². The van der Waals surface area contributed by atoms with Crippen LogP contribution in [-0.2, 0) is 4.74 Å². The predicted molar refractivity (Wildman–Crippen MR) is 71.6 cm³/mol. The van der Waals surface area contributed by atoms with Crippen molar-refractivity contribution in [3.05, 3.63) is 11.4 Å². The molecule has 0 aliphatic rings. The van der Waals surface area contributed by atoms with Crippen molar-refractivity contribution in [2.45, 2.75) is 32.8 Å². The number of nitrogens with two attached hydrogens (primary N) is 1. The molecule has 1 atom stereocenters. The van der Waals surface area contributed by atoms with E-state index in [-0.39, 0.29) is 12.5 Å². The molecule has 1 rings (SSSR count). The molecular formula is C12H22N4O2. The third-order valence-electron chi connectivity index (χ3n) is 2.58. The van der Waals surface area contributed by atoms with Crippen molar-refractivity contribution in [1.82, 2.24) is 9.97 Å². The summed E-state index contributed by atoms with van der Waals surface area (Å²) in [7, 11) is 1.55. The summed E-state index contributed by atoms with van der Waals surface area (Å²) >= 11 is 0. The molecule has 0 amide bonds. The summed E-state index contributed by atoms with van der Waals surface area (Å²) in [6.45, 7) is 6.51. The smallest absolute Gasteiger partial charge is 0.135 e. The summed E-state index contributed by atoms with van der Waals surface area (Å²) in [5, 5.41) is 12.7. The topological polar surface area (TPSA) is 93.3 Å². The summed E-state index contributed by atoms with van der Waals surface area (Å²) in [6.07, 6.45) is -0.576. The molecule has 0 spiro atoms. The second-order valence-electron chi connectivity index (χ2n) is 4.59. The fourth-order valence-corrected chi connectivity index (χ4v) is 1.45. The van der Waals surface area contributed by atoms with Gasteiger partial charge in [0, 0.05) is 25.1 Å². The van der Waals surface area contributed by atoms with E-state index in [4.69, 9.17) is 10.5 Å². The first kappa shape index (κ1) is 14.7. The fraction of sp³-hybridized carbons (Fsp3) is 0.667. The van der Waals surface area contributed by atoms with Crippen molar-refractivity contribution in [2.24, 2.45) is 0 Å². The lowest BCUT2D eigenvalue weighted by molar-refractivity contribution is 0.0727. The van der Waals surface area contributed by atoms with E-state index in [1.807, 2.05) is 20.8 Å². The molecule has 6 nitrogen and oxygen atoms in total. The first-order valence-corrected chi connectivity index (χ1v) is 6.00. The van der Waals surface area contributed by atoms with Crippen LogP contribution in [0.4, 0.5) is 11.6 Å². The monoisotopic (exact) mass is 254 g/mol. The Bertz CT molecular complexity index is 396. The Kier molecular flexibility index (Phi) is 5.30. The molecule has 0 aliphatic carbocycles. The lowest BCUT2D eigenvalue weighted by Crippen LogP contribution is -2.25. The average Bonchev–Trinajstić information content (AvgIpc) is 2.31. The maximum atomic E-state index is 9.59. The van der Waals surface area contributed by atoms with Gasteiger partial charge >= 0.3 is 0 Å². The van der Waals surface area contributed by atoms with E-state index < -0.39 is 6.10 Å². The number of methoxy groups -OCH3 is 1. The average molecular weight is 254 g/mol. The minimum atomic E-state index is -0.576. The summed E-state index contributed by atoms with van der Waals surface area (Å²) in [6, 6.07) is 0. The highest BCUT2D eigenvalue weighted by Gasteiger charge is 2.12. The van der Waals surface area contributed by atoms with Gasteiger partial charge < -0.3 is 20.9 Å². The SMILES string of the molecule is COCC(O)CNc1nc(C(C)C)nc(N)c1C. The van der Waals surface area contributed by atoms with E-state index >= 15 is 0 Å². The van der Waals surface area contributed by atoms with Gasteiger partial charge in [0.25, 0.3) is 0 Å². The third-order valence-corrected chi connectivity index (χ3v) is 2.58. The number of anilines is 2. The van der Waals surface area contributed by atoms with Crippen LogP contribution in [0.3, 0.4) is 0 Å². The van der Waals surface area contributed by atoms with E-state index in [1.54, 1.807) is 7.11 Å². The number of nitrogen functional groups attached to an aromatic ring is 1. The highest BCUT2D eigenvalue weighted by atomic mass is 16.5. The van der Waals surface area contributed by atoms with Crippen LogP contribution >= 0.6 is 0 Å². The van der Waals surface area contributed by atoms with Gasteiger partial charge in [0.15, 0.2) is 0 Å². The summed E-state index contributed by atoms with van der Waals surface area (Å²) < 4.78 is 4.86. The number of aliphatic hydroxyl groups excluding tert-OH is 1. The third kappa shape index (κ3) is 3.82. The van der Waals surface area contributed by atoms with E-state index in [0.29, 0.717) is 24.0 Å². The molecule has 0 aromatic carbocycles. The largest absolute Gasteiger partial charge is 0.389 e. The Morgan fingerprint density at radius 1 is 1.39 bits per heavy atom. The molecule has 6 heteroatoms. The molecule has 102 valence electrons. The molecule has 1 heterocycles. The minimum Gasteiger partial charge on any atom is -0.389 e. The van der Waals surface area contributed by atoms with E-state index in [2.05, 4.69) is 15.3 Å². The van der Waals surface area contributed by atoms with Crippen LogP contribution in [0.5, 0.6) is 0 Å². The zero-order valence-corrected chi connectivity index (χ0v) is 11.4. The molecule has 18 heavy (non-hydrogen) atoms. The molecule has 0 fully saturated rings. The molecule has 0 aliphatic heterocycles. The lowest BCUT2D eigenvalue weighted by Gasteiger charge is -2.15. The fourth-order valence-electron chi connectivity index (χ4n) is 1.45. The van der Waals surface area contributed by atoms with Crippen LogP contribution in [0, 0.1) is 6.92 Å². The van der Waals surface area contributed by atoms with Crippen molar-refractivity contribution < 1.29 is 9.84 Å². The number of aliphatic hydroxyl groups is 1. The van der Waals surface area contributed by atoms with Crippen molar-refractivity contribution in [3.8, 4) is 0 Å². The normalized spacial score (nSPS) is 12.8. The number of nitrogens with one attached hydrogen (secondary N) is 1. The number of hydrogen-bond acceptors (Lipinski definition) is 6. The second kappa shape index (κ2) is 6.51. The Hall–Kier alpha value is -1.40. The van der Waals surface area contributed by atoms with Crippen molar-refractivity contribution in [3.63, 3.8) is 0 Å². The molecule has 1 unspecified atom stereocenters. The second-order valence-corrected chi connectivity index (χ2v) is 4.59. The van der Waals surface area contributed by atoms with Gasteiger partial charge in [0.1, 0.15) is 17.5 Å². The first-order chi connectivity index (χ1) is 8.45. The van der Waals surface area contributed by atoms with Gasteiger partial charge in [-0.3, -0.25) is 0 Å². The maximum Gasteiger partial charge on any atom is 0.135 e. The Morgan fingerprint density at radius 3 is 2.61 bits per heavy atom. The Morgan fingerprint density at radius 2 is 2.06 bits per heavy atom. The quantitative estimate of drug-likeness (QED) is 0.698. The highest BCUT2D eigenvalue weighted by molar-refractivity contribution is 5.55. The number of nitrogens with zero attached hydrogens (tertiary/aromatic N) is 2. The summed E-state index contributed by atoms with van der Waals surface area (Å²) in [4.78, 5) is 8.65. The van der Waals surface area contributed by atoms with Crippen LogP contribution in [0.25, 0.3) is 0 Å². The summed E-state index contributed by atoms with van der Waals surface area (Å²) in [5.74, 6) is 2.04. The van der Waals surface area contributed by atoms with E-state index in [9.17, 15) is 5.11 Å². The van der Waals surface area contributed by atoms with E-state index in [1.165, 1.54) is 0 Å². The molecule has 0 bridgehead atoms. The molecule has 0 radical (unpaired) electrons. The maximum absolute atomic E-state index is 9.59. The zero-order chi connectivity index (χ0) is 13.7. The molecule has 0 saturated carbocycles. The zero-order valence-electron chi connectivity index (χ0n) is 11.4. The van der Waals surface area contributed by atoms with E-state index in [0.717, 1.165) is 5.56 Å². The van der Waals surface area contributed by atoms with Crippen LogP contribution in [-0.4, -0.2) is 41.4 Å². The summed E-state index contributed by atoms with van der Waals surface area (Å²) in [5.41, 5.74) is 6.64. The van der Waals surface area contributed by atoms with Gasteiger partial charge in [-0.05, 0) is 6.92 Å². The van der Waals surface area contributed by atoms with Gasteiger partial charge in [0.2, 0.25) is 0 Å². The highest BCUT2D eigenvalue weighted by Crippen LogP contribution is 2.20. The van der Waals surface area contributed by atoms with Crippen molar-refractivity contribution in [1.29, 1.82) is 0 Å². The lowest BCUT2D eigenvalue weighted by atomic mass is 10.2. The molecular weight excluding hydrogens is 232 g/mol. The standard InChI is InChI=1S/C12H22N4O2/c1-7(2)11-15-10(13)8(3)12(16-11)14-5-9(17)6-18-4/h7,9,17H,5-6H2,1-4H3,(H3,13,14,15,16). The van der Waals surface area contributed by atoms with Gasteiger partial charge in [-0.15, -0.1) is 0 Å². The number of ether oxygens (including phenoxy) is 1.